The molecule has 2 atom stereocenters. The Hall–Kier alpha value is -2.73. The Balaban J connectivity index is 0.00000294. The number of methoxy groups -OCH3 is 1. The first-order valence-electron chi connectivity index (χ1n) is 12.5. The molecular formula is C26H30ClFN6O3S. The van der Waals surface area contributed by atoms with Crippen molar-refractivity contribution in [3.05, 3.63) is 42.0 Å². The number of fused-ring (bicyclic) bond motifs is 2. The first-order chi connectivity index (χ1) is 17.9. The second kappa shape index (κ2) is 10.8. The maximum absolute atomic E-state index is 15.0. The van der Waals surface area contributed by atoms with Crippen molar-refractivity contribution in [1.29, 1.82) is 0 Å². The van der Waals surface area contributed by atoms with Gasteiger partial charge in [-0.25, -0.2) is 14.4 Å². The lowest BCUT2D eigenvalue weighted by Crippen LogP contribution is -2.40. The lowest BCUT2D eigenvalue weighted by molar-refractivity contribution is -0.113. The number of amides is 1. The van der Waals surface area contributed by atoms with Crippen LogP contribution in [0.3, 0.4) is 0 Å². The Morgan fingerprint density at radius 2 is 2.05 bits per heavy atom. The smallest absolute Gasteiger partial charge is 0.235 e. The molecule has 0 radical (unpaired) electrons. The van der Waals surface area contributed by atoms with Gasteiger partial charge in [0.05, 0.1) is 41.3 Å². The quantitative estimate of drug-likeness (QED) is 0.431. The van der Waals surface area contributed by atoms with Crippen LogP contribution in [0, 0.1) is 11.2 Å². The summed E-state index contributed by atoms with van der Waals surface area (Å²) in [6, 6.07) is 7.42. The number of piperidine rings is 1. The third-order valence-electron chi connectivity index (χ3n) is 7.80. The number of pyridine rings is 3. The van der Waals surface area contributed by atoms with E-state index in [0.717, 1.165) is 29.9 Å². The van der Waals surface area contributed by atoms with Gasteiger partial charge in [0, 0.05) is 31.7 Å². The second-order valence-corrected chi connectivity index (χ2v) is 11.1. The van der Waals surface area contributed by atoms with Crippen molar-refractivity contribution in [2.75, 3.05) is 36.2 Å². The number of hydrogen-bond donors (Lipinski definition) is 3. The number of aromatic nitrogens is 3. The van der Waals surface area contributed by atoms with Crippen LogP contribution in [0.1, 0.15) is 31.4 Å². The number of nitrogens with one attached hydrogen (secondary N) is 2. The van der Waals surface area contributed by atoms with E-state index in [4.69, 9.17) is 4.74 Å². The number of hydrogen-bond acceptors (Lipinski definition) is 9. The summed E-state index contributed by atoms with van der Waals surface area (Å²) in [7, 11) is 1.54. The Morgan fingerprint density at radius 1 is 1.24 bits per heavy atom. The highest BCUT2D eigenvalue weighted by molar-refractivity contribution is 8.00. The Labute approximate surface area is 230 Å². The third kappa shape index (κ3) is 5.12. The van der Waals surface area contributed by atoms with Gasteiger partial charge < -0.3 is 25.4 Å². The Kier molecular flexibility index (Phi) is 7.63. The van der Waals surface area contributed by atoms with Crippen LogP contribution < -0.4 is 20.3 Å². The minimum Gasteiger partial charge on any atom is -0.481 e. The lowest BCUT2D eigenvalue weighted by Gasteiger charge is -2.40. The molecule has 1 aliphatic carbocycles. The monoisotopic (exact) mass is 560 g/mol. The summed E-state index contributed by atoms with van der Waals surface area (Å²) in [6.07, 6.45) is 4.09. The number of nitrogens with zero attached hydrogens (tertiary/aromatic N) is 4. The maximum Gasteiger partial charge on any atom is 0.235 e. The van der Waals surface area contributed by atoms with E-state index in [9.17, 15) is 14.3 Å². The molecule has 1 saturated carbocycles. The molecule has 202 valence electrons. The maximum atomic E-state index is 15.0. The van der Waals surface area contributed by atoms with E-state index in [1.165, 1.54) is 18.0 Å². The number of aliphatic hydroxyl groups excluding tert-OH is 1. The van der Waals surface area contributed by atoms with E-state index in [2.05, 4.69) is 25.6 Å². The van der Waals surface area contributed by atoms with Crippen molar-refractivity contribution in [2.24, 2.45) is 5.41 Å². The highest BCUT2D eigenvalue weighted by Gasteiger charge is 2.46. The van der Waals surface area contributed by atoms with E-state index in [-0.39, 0.29) is 35.6 Å². The van der Waals surface area contributed by atoms with Gasteiger partial charge in [0.15, 0.2) is 5.82 Å². The molecule has 38 heavy (non-hydrogen) atoms. The molecule has 6 rings (SSSR count). The van der Waals surface area contributed by atoms with E-state index in [0.29, 0.717) is 60.2 Å². The standard InChI is InChI=1S/C26H29FN6O3S.ClH/c1-36-22-5-3-17-23(32-22)24(16(27)13-29-17)33-8-6-26(7-9-33)10-18(19(34)11-26)28-12-15-2-4-20-25(30-15)31-21(35)14-37-20;/h2-5,13,18-19,28,34H,6-12,14H2,1H3,(H,30,31,35);1H/t18-,19-;/m0./s1. The van der Waals surface area contributed by atoms with Gasteiger partial charge in [-0.2, -0.15) is 0 Å². The van der Waals surface area contributed by atoms with Gasteiger partial charge in [-0.05, 0) is 49.3 Å². The molecule has 12 heteroatoms. The summed E-state index contributed by atoms with van der Waals surface area (Å²) in [6.45, 7) is 1.87. The van der Waals surface area contributed by atoms with Crippen LogP contribution in [-0.2, 0) is 11.3 Å². The van der Waals surface area contributed by atoms with Crippen LogP contribution in [0.4, 0.5) is 15.9 Å². The van der Waals surface area contributed by atoms with Gasteiger partial charge in [0.25, 0.3) is 0 Å². The summed E-state index contributed by atoms with van der Waals surface area (Å²) in [5.41, 5.74) is 2.44. The molecule has 2 fully saturated rings. The lowest BCUT2D eigenvalue weighted by atomic mass is 9.76. The van der Waals surface area contributed by atoms with Gasteiger partial charge in [0.2, 0.25) is 11.8 Å². The SMILES string of the molecule is COc1ccc2ncc(F)c(N3CCC4(CC3)C[C@H](NCc3ccc5c(n3)NC(=O)CS5)[C@@H](O)C4)c2n1.Cl. The van der Waals surface area contributed by atoms with E-state index in [1.54, 1.807) is 19.2 Å². The highest BCUT2D eigenvalue weighted by atomic mass is 35.5. The molecule has 9 nitrogen and oxygen atoms in total. The van der Waals surface area contributed by atoms with Crippen molar-refractivity contribution in [2.45, 2.75) is 49.3 Å². The van der Waals surface area contributed by atoms with Gasteiger partial charge in [-0.3, -0.25) is 9.78 Å². The molecule has 3 aromatic heterocycles. The van der Waals surface area contributed by atoms with Crippen molar-refractivity contribution in [3.8, 4) is 5.88 Å². The molecule has 0 unspecified atom stereocenters. The predicted molar refractivity (Wildman–Crippen MR) is 147 cm³/mol. The molecule has 0 aromatic carbocycles. The average molecular weight is 561 g/mol. The number of ether oxygens (including phenoxy) is 1. The third-order valence-corrected chi connectivity index (χ3v) is 8.85. The average Bonchev–Trinajstić information content (AvgIpc) is 3.21. The molecule has 5 heterocycles. The van der Waals surface area contributed by atoms with Crippen molar-refractivity contribution in [1.82, 2.24) is 20.3 Å². The fraction of sp³-hybridized carbons (Fsp3) is 0.462. The number of thioether (sulfide) groups is 1. The number of carbonyl (C=O) groups is 1. The number of rotatable bonds is 5. The Bertz CT molecular complexity index is 1360. The van der Waals surface area contributed by atoms with Crippen LogP contribution >= 0.6 is 24.2 Å². The van der Waals surface area contributed by atoms with Crippen LogP contribution in [0.5, 0.6) is 5.88 Å². The second-order valence-electron chi connectivity index (χ2n) is 10.1. The van der Waals surface area contributed by atoms with Crippen molar-refractivity contribution in [3.63, 3.8) is 0 Å². The molecule has 0 bridgehead atoms. The van der Waals surface area contributed by atoms with Crippen LogP contribution in [-0.4, -0.2) is 64.1 Å². The van der Waals surface area contributed by atoms with Gasteiger partial charge in [0.1, 0.15) is 17.0 Å². The number of anilines is 2. The summed E-state index contributed by atoms with van der Waals surface area (Å²) in [5.74, 6) is 1.03. The highest BCUT2D eigenvalue weighted by Crippen LogP contribution is 2.47. The van der Waals surface area contributed by atoms with Crippen molar-refractivity contribution < 1.29 is 19.0 Å². The van der Waals surface area contributed by atoms with Crippen LogP contribution in [0.25, 0.3) is 11.0 Å². The Morgan fingerprint density at radius 3 is 2.84 bits per heavy atom. The van der Waals surface area contributed by atoms with E-state index < -0.39 is 6.10 Å². The fourth-order valence-corrected chi connectivity index (χ4v) is 6.62. The zero-order valence-corrected chi connectivity index (χ0v) is 22.6. The van der Waals surface area contributed by atoms with Crippen LogP contribution in [0.2, 0.25) is 0 Å². The number of halogens is 2. The topological polar surface area (TPSA) is 112 Å². The summed E-state index contributed by atoms with van der Waals surface area (Å²) in [4.78, 5) is 28.0. The first kappa shape index (κ1) is 26.9. The molecule has 3 aliphatic rings. The minimum atomic E-state index is -0.455. The normalized spacial score (nSPS) is 22.2. The van der Waals surface area contributed by atoms with E-state index >= 15 is 0 Å². The van der Waals surface area contributed by atoms with Gasteiger partial charge in [-0.15, -0.1) is 24.2 Å². The largest absolute Gasteiger partial charge is 0.481 e. The van der Waals surface area contributed by atoms with E-state index in [1.807, 2.05) is 17.0 Å². The molecule has 1 spiro atoms. The summed E-state index contributed by atoms with van der Waals surface area (Å²) in [5, 5.41) is 17.2. The molecule has 3 N–H and O–H groups in total. The zero-order chi connectivity index (χ0) is 25.6. The molecular weight excluding hydrogens is 531 g/mol. The predicted octanol–water partition coefficient (Wildman–Crippen LogP) is 3.54. The summed E-state index contributed by atoms with van der Waals surface area (Å²) >= 11 is 1.49. The molecule has 3 aromatic rings. The van der Waals surface area contributed by atoms with Gasteiger partial charge in [-0.1, -0.05) is 0 Å². The van der Waals surface area contributed by atoms with Gasteiger partial charge >= 0.3 is 0 Å². The minimum absolute atomic E-state index is 0. The summed E-state index contributed by atoms with van der Waals surface area (Å²) < 4.78 is 20.2. The van der Waals surface area contributed by atoms with Crippen molar-refractivity contribution >= 4 is 52.6 Å². The fourth-order valence-electron chi connectivity index (χ4n) is 5.86. The molecule has 2 aliphatic heterocycles. The molecule has 1 amide bonds. The molecule has 1 saturated heterocycles. The van der Waals surface area contributed by atoms with Crippen LogP contribution in [0.15, 0.2) is 35.4 Å². The first-order valence-corrected chi connectivity index (χ1v) is 13.5. The zero-order valence-electron chi connectivity index (χ0n) is 20.9. The number of carbonyl (C=O) groups excluding carboxylic acids is 1. The number of aliphatic hydroxyl groups is 1.